The first-order valence-corrected chi connectivity index (χ1v) is 8.78. The van der Waals surface area contributed by atoms with Gasteiger partial charge in [0.2, 0.25) is 0 Å². The summed E-state index contributed by atoms with van der Waals surface area (Å²) >= 11 is 0. The Hall–Kier alpha value is -2.53. The molecule has 0 bridgehead atoms. The SMILES string of the molecule is CN(c1ccccc1)c1ccccc1NC(=O)NCC[C@H]1CCCO1. The lowest BCUT2D eigenvalue weighted by Gasteiger charge is -2.23. The predicted molar refractivity (Wildman–Crippen MR) is 102 cm³/mol. The van der Waals surface area contributed by atoms with Gasteiger partial charge in [-0.25, -0.2) is 4.79 Å². The highest BCUT2D eigenvalue weighted by Gasteiger charge is 2.15. The van der Waals surface area contributed by atoms with Gasteiger partial charge in [0.25, 0.3) is 0 Å². The van der Waals surface area contributed by atoms with Crippen LogP contribution in [-0.4, -0.2) is 32.3 Å². The minimum atomic E-state index is -0.188. The molecular formula is C20H25N3O2. The van der Waals surface area contributed by atoms with Gasteiger partial charge in [-0.2, -0.15) is 0 Å². The Morgan fingerprint density at radius 3 is 2.68 bits per heavy atom. The smallest absolute Gasteiger partial charge is 0.319 e. The zero-order valence-electron chi connectivity index (χ0n) is 14.6. The van der Waals surface area contributed by atoms with Gasteiger partial charge in [-0.15, -0.1) is 0 Å². The number of urea groups is 1. The van der Waals surface area contributed by atoms with Crippen LogP contribution in [0.4, 0.5) is 21.9 Å². The van der Waals surface area contributed by atoms with Crippen LogP contribution in [0, 0.1) is 0 Å². The summed E-state index contributed by atoms with van der Waals surface area (Å²) < 4.78 is 5.57. The van der Waals surface area contributed by atoms with E-state index in [1.165, 1.54) is 0 Å². The number of nitrogens with zero attached hydrogens (tertiary/aromatic N) is 1. The molecule has 0 spiro atoms. The molecule has 5 heteroatoms. The maximum Gasteiger partial charge on any atom is 0.319 e. The van der Waals surface area contributed by atoms with E-state index in [1.807, 2.05) is 61.6 Å². The van der Waals surface area contributed by atoms with Crippen molar-refractivity contribution in [3.63, 3.8) is 0 Å². The van der Waals surface area contributed by atoms with Gasteiger partial charge in [-0.05, 0) is 43.5 Å². The molecule has 0 saturated carbocycles. The molecule has 2 amide bonds. The maximum absolute atomic E-state index is 12.2. The minimum Gasteiger partial charge on any atom is -0.378 e. The highest BCUT2D eigenvalue weighted by Crippen LogP contribution is 2.30. The first kappa shape index (κ1) is 17.3. The van der Waals surface area contributed by atoms with Crippen LogP contribution >= 0.6 is 0 Å². The molecule has 1 aliphatic heterocycles. The average molecular weight is 339 g/mol. The van der Waals surface area contributed by atoms with E-state index in [2.05, 4.69) is 15.5 Å². The third-order valence-corrected chi connectivity index (χ3v) is 4.43. The molecule has 1 saturated heterocycles. The molecule has 25 heavy (non-hydrogen) atoms. The molecule has 1 fully saturated rings. The van der Waals surface area contributed by atoms with Gasteiger partial charge in [0.1, 0.15) is 0 Å². The van der Waals surface area contributed by atoms with Gasteiger partial charge in [0, 0.05) is 25.9 Å². The van der Waals surface area contributed by atoms with Crippen molar-refractivity contribution in [2.24, 2.45) is 0 Å². The quantitative estimate of drug-likeness (QED) is 0.831. The first-order chi connectivity index (χ1) is 12.2. The number of hydrogen-bond acceptors (Lipinski definition) is 3. The normalized spacial score (nSPS) is 16.4. The van der Waals surface area contributed by atoms with E-state index >= 15 is 0 Å². The van der Waals surface area contributed by atoms with Crippen LogP contribution in [0.3, 0.4) is 0 Å². The highest BCUT2D eigenvalue weighted by atomic mass is 16.5. The summed E-state index contributed by atoms with van der Waals surface area (Å²) in [5.74, 6) is 0. The van der Waals surface area contributed by atoms with E-state index in [4.69, 9.17) is 4.74 Å². The molecule has 2 aromatic carbocycles. The number of hydrogen-bond donors (Lipinski definition) is 2. The summed E-state index contributed by atoms with van der Waals surface area (Å²) in [6.07, 6.45) is 3.36. The molecule has 0 aromatic heterocycles. The zero-order chi connectivity index (χ0) is 17.5. The van der Waals surface area contributed by atoms with E-state index < -0.39 is 0 Å². The number of anilines is 3. The van der Waals surface area contributed by atoms with Crippen molar-refractivity contribution in [1.82, 2.24) is 5.32 Å². The Balaban J connectivity index is 1.59. The van der Waals surface area contributed by atoms with E-state index in [-0.39, 0.29) is 12.1 Å². The van der Waals surface area contributed by atoms with Crippen LogP contribution in [0.1, 0.15) is 19.3 Å². The van der Waals surface area contributed by atoms with Gasteiger partial charge in [-0.3, -0.25) is 0 Å². The number of carbonyl (C=O) groups is 1. The second kappa shape index (κ2) is 8.53. The van der Waals surface area contributed by atoms with Crippen molar-refractivity contribution in [2.75, 3.05) is 30.4 Å². The Labute approximate surface area is 149 Å². The van der Waals surface area contributed by atoms with Gasteiger partial charge in [0.05, 0.1) is 17.5 Å². The highest BCUT2D eigenvalue weighted by molar-refractivity contribution is 5.94. The van der Waals surface area contributed by atoms with E-state index in [0.29, 0.717) is 6.54 Å². The molecular weight excluding hydrogens is 314 g/mol. The molecule has 3 rings (SSSR count). The van der Waals surface area contributed by atoms with Gasteiger partial charge >= 0.3 is 6.03 Å². The van der Waals surface area contributed by atoms with Crippen LogP contribution in [0.25, 0.3) is 0 Å². The predicted octanol–water partition coefficient (Wildman–Crippen LogP) is 4.15. The number of para-hydroxylation sites is 3. The molecule has 2 N–H and O–H groups in total. The molecule has 0 aliphatic carbocycles. The fraction of sp³-hybridized carbons (Fsp3) is 0.350. The topological polar surface area (TPSA) is 53.6 Å². The molecule has 2 aromatic rings. The maximum atomic E-state index is 12.2. The van der Waals surface area contributed by atoms with Crippen molar-refractivity contribution in [3.8, 4) is 0 Å². The summed E-state index contributed by atoms with van der Waals surface area (Å²) in [5, 5.41) is 5.87. The molecule has 0 radical (unpaired) electrons. The van der Waals surface area contributed by atoms with Crippen LogP contribution in [-0.2, 0) is 4.74 Å². The third kappa shape index (κ3) is 4.73. The summed E-state index contributed by atoms with van der Waals surface area (Å²) in [6, 6.07) is 17.7. The van der Waals surface area contributed by atoms with Crippen LogP contribution in [0.5, 0.6) is 0 Å². The van der Waals surface area contributed by atoms with Crippen LogP contribution < -0.4 is 15.5 Å². The van der Waals surface area contributed by atoms with Crippen molar-refractivity contribution in [3.05, 3.63) is 54.6 Å². The average Bonchev–Trinajstić information content (AvgIpc) is 3.16. The van der Waals surface area contributed by atoms with Gasteiger partial charge < -0.3 is 20.3 Å². The van der Waals surface area contributed by atoms with Crippen molar-refractivity contribution in [1.29, 1.82) is 0 Å². The van der Waals surface area contributed by atoms with E-state index in [0.717, 1.165) is 42.9 Å². The van der Waals surface area contributed by atoms with Crippen molar-refractivity contribution in [2.45, 2.75) is 25.4 Å². The summed E-state index contributed by atoms with van der Waals surface area (Å²) in [7, 11) is 1.99. The number of benzene rings is 2. The summed E-state index contributed by atoms with van der Waals surface area (Å²) in [6.45, 7) is 1.46. The van der Waals surface area contributed by atoms with Gasteiger partial charge in [0.15, 0.2) is 0 Å². The number of carbonyl (C=O) groups excluding carboxylic acids is 1. The first-order valence-electron chi connectivity index (χ1n) is 8.78. The number of rotatable bonds is 6. The standard InChI is InChI=1S/C20H25N3O2/c1-23(16-8-3-2-4-9-16)19-12-6-5-11-18(19)22-20(24)21-14-13-17-10-7-15-25-17/h2-6,8-9,11-12,17H,7,10,13-15H2,1H3,(H2,21,22,24)/t17-/m1/s1. The zero-order valence-corrected chi connectivity index (χ0v) is 14.6. The number of ether oxygens (including phenoxy) is 1. The second-order valence-corrected chi connectivity index (χ2v) is 6.22. The van der Waals surface area contributed by atoms with Crippen molar-refractivity contribution >= 4 is 23.1 Å². The molecule has 1 aliphatic rings. The molecule has 0 unspecified atom stereocenters. The third-order valence-electron chi connectivity index (χ3n) is 4.43. The summed E-state index contributed by atoms with van der Waals surface area (Å²) in [5.41, 5.74) is 2.79. The Morgan fingerprint density at radius 1 is 1.16 bits per heavy atom. The monoisotopic (exact) mass is 339 g/mol. The Kier molecular flexibility index (Phi) is 5.90. The van der Waals surface area contributed by atoms with E-state index in [9.17, 15) is 4.79 Å². The lowest BCUT2D eigenvalue weighted by Crippen LogP contribution is -2.31. The molecule has 132 valence electrons. The molecule has 1 atom stereocenters. The van der Waals surface area contributed by atoms with Crippen LogP contribution in [0.2, 0.25) is 0 Å². The fourth-order valence-electron chi connectivity index (χ4n) is 3.05. The number of amides is 2. The molecule has 5 nitrogen and oxygen atoms in total. The Bertz CT molecular complexity index is 684. The minimum absolute atomic E-state index is 0.188. The fourth-order valence-corrected chi connectivity index (χ4v) is 3.05. The van der Waals surface area contributed by atoms with Gasteiger partial charge in [-0.1, -0.05) is 30.3 Å². The molecule has 1 heterocycles. The second-order valence-electron chi connectivity index (χ2n) is 6.22. The van der Waals surface area contributed by atoms with Crippen molar-refractivity contribution < 1.29 is 9.53 Å². The van der Waals surface area contributed by atoms with Crippen LogP contribution in [0.15, 0.2) is 54.6 Å². The lowest BCUT2D eigenvalue weighted by atomic mass is 10.2. The Morgan fingerprint density at radius 2 is 1.92 bits per heavy atom. The number of nitrogens with one attached hydrogen (secondary N) is 2. The summed E-state index contributed by atoms with van der Waals surface area (Å²) in [4.78, 5) is 14.3. The largest absolute Gasteiger partial charge is 0.378 e. The van der Waals surface area contributed by atoms with E-state index in [1.54, 1.807) is 0 Å². The lowest BCUT2D eigenvalue weighted by molar-refractivity contribution is 0.105.